The number of carbonyl (C=O) groups excluding carboxylic acids is 1. The van der Waals surface area contributed by atoms with Crippen molar-refractivity contribution in [1.82, 2.24) is 4.90 Å². The van der Waals surface area contributed by atoms with E-state index < -0.39 is 0 Å². The number of hydrogen-bond acceptors (Lipinski definition) is 2. The van der Waals surface area contributed by atoms with E-state index in [0.717, 1.165) is 31.1 Å². The van der Waals surface area contributed by atoms with Crippen molar-refractivity contribution in [3.8, 4) is 0 Å². The minimum atomic E-state index is 0. The Hall–Kier alpha value is -1.64. The van der Waals surface area contributed by atoms with Crippen LogP contribution in [0.15, 0.2) is 60.7 Å². The average molecular weight is 344 g/mol. The van der Waals surface area contributed by atoms with Crippen LogP contribution >= 0.6 is 12.4 Å². The van der Waals surface area contributed by atoms with Crippen LogP contribution < -0.4 is 0 Å². The Kier molecular flexibility index (Phi) is 7.48. The third-order valence-corrected chi connectivity index (χ3v) is 4.83. The van der Waals surface area contributed by atoms with Crippen LogP contribution in [-0.4, -0.2) is 30.3 Å². The molecule has 1 aliphatic heterocycles. The summed E-state index contributed by atoms with van der Waals surface area (Å²) in [5.41, 5.74) is 2.29. The SMILES string of the molecule is Cl.O=C(CCN1CCC(Cc2ccccc2)CC1)c1ccccc1. The smallest absolute Gasteiger partial charge is 0.164 e. The molecule has 3 heteroatoms. The Morgan fingerprint density at radius 3 is 2.12 bits per heavy atom. The van der Waals surface area contributed by atoms with Gasteiger partial charge in [-0.25, -0.2) is 0 Å². The van der Waals surface area contributed by atoms with E-state index in [-0.39, 0.29) is 18.2 Å². The van der Waals surface area contributed by atoms with Gasteiger partial charge >= 0.3 is 0 Å². The predicted octanol–water partition coefficient (Wildman–Crippen LogP) is 4.64. The van der Waals surface area contributed by atoms with E-state index in [0.29, 0.717) is 6.42 Å². The van der Waals surface area contributed by atoms with Crippen LogP contribution in [0.2, 0.25) is 0 Å². The van der Waals surface area contributed by atoms with Crippen molar-refractivity contribution in [1.29, 1.82) is 0 Å². The van der Waals surface area contributed by atoms with Gasteiger partial charge in [0, 0.05) is 18.5 Å². The topological polar surface area (TPSA) is 20.3 Å². The molecule has 0 radical (unpaired) electrons. The number of hydrogen-bond donors (Lipinski definition) is 0. The molecular weight excluding hydrogens is 318 g/mol. The fourth-order valence-electron chi connectivity index (χ4n) is 3.39. The predicted molar refractivity (Wildman–Crippen MR) is 102 cm³/mol. The minimum absolute atomic E-state index is 0. The molecule has 24 heavy (non-hydrogen) atoms. The molecule has 0 unspecified atom stereocenters. The lowest BCUT2D eigenvalue weighted by Gasteiger charge is -2.31. The van der Waals surface area contributed by atoms with Gasteiger partial charge in [-0.1, -0.05) is 60.7 Å². The Balaban J connectivity index is 0.00000208. The number of carbonyl (C=O) groups is 1. The highest BCUT2D eigenvalue weighted by atomic mass is 35.5. The van der Waals surface area contributed by atoms with Gasteiger partial charge in [0.2, 0.25) is 0 Å². The van der Waals surface area contributed by atoms with Gasteiger partial charge in [-0.15, -0.1) is 12.4 Å². The first-order chi connectivity index (χ1) is 11.3. The van der Waals surface area contributed by atoms with Crippen molar-refractivity contribution in [2.45, 2.75) is 25.7 Å². The number of Topliss-reactive ketones (excluding diaryl/α,β-unsaturated/α-hetero) is 1. The lowest BCUT2D eigenvalue weighted by molar-refractivity contribution is 0.0951. The summed E-state index contributed by atoms with van der Waals surface area (Å²) in [6, 6.07) is 20.4. The van der Waals surface area contributed by atoms with Gasteiger partial charge in [-0.05, 0) is 43.8 Å². The van der Waals surface area contributed by atoms with Crippen molar-refractivity contribution in [3.05, 3.63) is 71.8 Å². The Morgan fingerprint density at radius 1 is 0.917 bits per heavy atom. The van der Waals surface area contributed by atoms with E-state index in [1.165, 1.54) is 24.8 Å². The van der Waals surface area contributed by atoms with Gasteiger partial charge in [-0.3, -0.25) is 4.79 Å². The Morgan fingerprint density at radius 2 is 1.50 bits per heavy atom. The maximum atomic E-state index is 12.2. The number of likely N-dealkylation sites (tertiary alicyclic amines) is 1. The molecule has 2 aromatic rings. The molecule has 2 aromatic carbocycles. The van der Waals surface area contributed by atoms with Crippen LogP contribution in [0.25, 0.3) is 0 Å². The molecular formula is C21H26ClNO. The third-order valence-electron chi connectivity index (χ3n) is 4.83. The van der Waals surface area contributed by atoms with Crippen LogP contribution in [0.1, 0.15) is 35.2 Å². The molecule has 0 amide bonds. The molecule has 1 saturated heterocycles. The van der Waals surface area contributed by atoms with Gasteiger partial charge in [0.1, 0.15) is 0 Å². The van der Waals surface area contributed by atoms with E-state index >= 15 is 0 Å². The zero-order chi connectivity index (χ0) is 15.9. The summed E-state index contributed by atoms with van der Waals surface area (Å²) in [4.78, 5) is 14.6. The van der Waals surface area contributed by atoms with E-state index in [1.807, 2.05) is 30.3 Å². The molecule has 128 valence electrons. The summed E-state index contributed by atoms with van der Waals surface area (Å²) in [7, 11) is 0. The van der Waals surface area contributed by atoms with Crippen LogP contribution in [-0.2, 0) is 6.42 Å². The minimum Gasteiger partial charge on any atom is -0.303 e. The van der Waals surface area contributed by atoms with Gasteiger partial charge < -0.3 is 4.90 Å². The Bertz CT molecular complexity index is 606. The number of benzene rings is 2. The molecule has 1 aliphatic rings. The summed E-state index contributed by atoms with van der Waals surface area (Å²) in [5, 5.41) is 0. The molecule has 1 fully saturated rings. The summed E-state index contributed by atoms with van der Waals surface area (Å²) in [5.74, 6) is 1.05. The van der Waals surface area contributed by atoms with Gasteiger partial charge in [-0.2, -0.15) is 0 Å². The first-order valence-electron chi connectivity index (χ1n) is 8.66. The van der Waals surface area contributed by atoms with Crippen molar-refractivity contribution >= 4 is 18.2 Å². The lowest BCUT2D eigenvalue weighted by atomic mass is 9.90. The van der Waals surface area contributed by atoms with Crippen molar-refractivity contribution < 1.29 is 4.79 Å². The fraction of sp³-hybridized carbons (Fsp3) is 0.381. The summed E-state index contributed by atoms with van der Waals surface area (Å²) in [6.45, 7) is 3.14. The van der Waals surface area contributed by atoms with Crippen LogP contribution in [0, 0.1) is 5.92 Å². The maximum absolute atomic E-state index is 12.2. The van der Waals surface area contributed by atoms with Crippen molar-refractivity contribution in [2.75, 3.05) is 19.6 Å². The quantitative estimate of drug-likeness (QED) is 0.712. The largest absolute Gasteiger partial charge is 0.303 e. The molecule has 0 aromatic heterocycles. The monoisotopic (exact) mass is 343 g/mol. The maximum Gasteiger partial charge on any atom is 0.164 e. The van der Waals surface area contributed by atoms with Gasteiger partial charge in [0.25, 0.3) is 0 Å². The molecule has 0 saturated carbocycles. The number of nitrogens with zero attached hydrogens (tertiary/aromatic N) is 1. The lowest BCUT2D eigenvalue weighted by Crippen LogP contribution is -2.35. The van der Waals surface area contributed by atoms with Crippen LogP contribution in [0.5, 0.6) is 0 Å². The summed E-state index contributed by atoms with van der Waals surface area (Å²) < 4.78 is 0. The number of halogens is 1. The van der Waals surface area contributed by atoms with Crippen LogP contribution in [0.3, 0.4) is 0 Å². The fourth-order valence-corrected chi connectivity index (χ4v) is 3.39. The molecule has 1 heterocycles. The van der Waals surface area contributed by atoms with Crippen LogP contribution in [0.4, 0.5) is 0 Å². The first-order valence-corrected chi connectivity index (χ1v) is 8.66. The molecule has 0 aliphatic carbocycles. The second-order valence-electron chi connectivity index (χ2n) is 6.51. The molecule has 0 N–H and O–H groups in total. The number of piperidine rings is 1. The first kappa shape index (κ1) is 18.7. The zero-order valence-corrected chi connectivity index (χ0v) is 14.9. The average Bonchev–Trinajstić information content (AvgIpc) is 2.62. The highest BCUT2D eigenvalue weighted by Crippen LogP contribution is 2.21. The van der Waals surface area contributed by atoms with E-state index in [9.17, 15) is 4.79 Å². The number of ketones is 1. The summed E-state index contributed by atoms with van der Waals surface area (Å²) >= 11 is 0. The molecule has 0 bridgehead atoms. The van der Waals surface area contributed by atoms with E-state index in [1.54, 1.807) is 0 Å². The van der Waals surface area contributed by atoms with Gasteiger partial charge in [0.15, 0.2) is 5.78 Å². The standard InChI is InChI=1S/C21H25NO.ClH/c23-21(20-9-5-2-6-10-20)13-16-22-14-11-19(12-15-22)17-18-7-3-1-4-8-18;/h1-10,19H,11-17H2;1H. The van der Waals surface area contributed by atoms with E-state index in [4.69, 9.17) is 0 Å². The third kappa shape index (κ3) is 5.47. The zero-order valence-electron chi connectivity index (χ0n) is 14.1. The number of rotatable bonds is 6. The van der Waals surface area contributed by atoms with Crippen molar-refractivity contribution in [3.63, 3.8) is 0 Å². The second-order valence-corrected chi connectivity index (χ2v) is 6.51. The Labute approximate surface area is 151 Å². The highest BCUT2D eigenvalue weighted by molar-refractivity contribution is 5.96. The summed E-state index contributed by atoms with van der Waals surface area (Å²) in [6.07, 6.45) is 4.31. The molecule has 2 nitrogen and oxygen atoms in total. The van der Waals surface area contributed by atoms with Gasteiger partial charge in [0.05, 0.1) is 0 Å². The molecule has 0 atom stereocenters. The second kappa shape index (κ2) is 9.61. The highest BCUT2D eigenvalue weighted by Gasteiger charge is 2.20. The van der Waals surface area contributed by atoms with Crippen molar-refractivity contribution in [2.24, 2.45) is 5.92 Å². The molecule has 3 rings (SSSR count). The normalized spacial score (nSPS) is 15.7. The van der Waals surface area contributed by atoms with E-state index in [2.05, 4.69) is 35.2 Å². The molecule has 0 spiro atoms.